The number of allylic oxidation sites excluding steroid dienone is 2. The number of hydrogen-bond acceptors (Lipinski definition) is 8. The Hall–Kier alpha value is -4.95. The van der Waals surface area contributed by atoms with Crippen molar-refractivity contribution in [3.63, 3.8) is 0 Å². The zero-order valence-corrected chi connectivity index (χ0v) is 32.9. The van der Waals surface area contributed by atoms with Gasteiger partial charge in [0.05, 0.1) is 34.1 Å². The van der Waals surface area contributed by atoms with Crippen LogP contribution >= 0.6 is 0 Å². The van der Waals surface area contributed by atoms with Crippen LogP contribution in [0.3, 0.4) is 0 Å². The topological polar surface area (TPSA) is 68.3 Å². The van der Waals surface area contributed by atoms with Crippen LogP contribution in [0.15, 0.2) is 84.7 Å². The third-order valence-electron chi connectivity index (χ3n) is 11.3. The highest BCUT2D eigenvalue weighted by atomic mass is 16.5. The molecule has 8 nitrogen and oxygen atoms in total. The number of nitrogens with zero attached hydrogens (tertiary/aromatic N) is 3. The SMILES string of the molecule is CCCc1cc(C2=CNCC(CN3CCC(N(Cc4ccnc(-c5cc(OC)c(OC)c(C6CC6)c5)c4)c4ccc(OC)cc4)CC3)=C2)cc(OC)c1C. The second-order valence-corrected chi connectivity index (χ2v) is 15.0. The number of anilines is 1. The average molecular weight is 729 g/mol. The molecule has 1 aliphatic carbocycles. The molecule has 2 aliphatic heterocycles. The van der Waals surface area contributed by atoms with Gasteiger partial charge < -0.3 is 29.2 Å². The zero-order valence-electron chi connectivity index (χ0n) is 32.9. The molecule has 54 heavy (non-hydrogen) atoms. The number of piperidine rings is 1. The summed E-state index contributed by atoms with van der Waals surface area (Å²) in [5.74, 6) is 3.96. The summed E-state index contributed by atoms with van der Waals surface area (Å²) >= 11 is 0. The fourth-order valence-electron chi connectivity index (χ4n) is 8.17. The lowest BCUT2D eigenvalue weighted by Gasteiger charge is -2.40. The van der Waals surface area contributed by atoms with Gasteiger partial charge in [-0.25, -0.2) is 0 Å². The third-order valence-corrected chi connectivity index (χ3v) is 11.3. The van der Waals surface area contributed by atoms with Gasteiger partial charge >= 0.3 is 0 Å². The molecule has 8 heteroatoms. The van der Waals surface area contributed by atoms with E-state index >= 15 is 0 Å². The van der Waals surface area contributed by atoms with E-state index in [-0.39, 0.29) is 0 Å². The first-order valence-corrected chi connectivity index (χ1v) is 19.6. The largest absolute Gasteiger partial charge is 0.497 e. The van der Waals surface area contributed by atoms with Gasteiger partial charge in [-0.2, -0.15) is 0 Å². The van der Waals surface area contributed by atoms with E-state index in [1.807, 2.05) is 6.20 Å². The number of methoxy groups -OCH3 is 4. The van der Waals surface area contributed by atoms with E-state index in [1.54, 1.807) is 28.4 Å². The summed E-state index contributed by atoms with van der Waals surface area (Å²) in [6.45, 7) is 9.12. The molecule has 0 radical (unpaired) electrons. The third kappa shape index (κ3) is 8.39. The first kappa shape index (κ1) is 37.4. The first-order valence-electron chi connectivity index (χ1n) is 19.6. The van der Waals surface area contributed by atoms with Crippen LogP contribution in [0.4, 0.5) is 5.69 Å². The van der Waals surface area contributed by atoms with Crippen LogP contribution < -0.4 is 29.2 Å². The first-order chi connectivity index (χ1) is 26.4. The predicted octanol–water partition coefficient (Wildman–Crippen LogP) is 8.96. The predicted molar refractivity (Wildman–Crippen MR) is 219 cm³/mol. The fourth-order valence-corrected chi connectivity index (χ4v) is 8.17. The summed E-state index contributed by atoms with van der Waals surface area (Å²) in [5, 5.41) is 3.57. The van der Waals surface area contributed by atoms with Crippen LogP contribution in [0, 0.1) is 6.92 Å². The molecule has 7 rings (SSSR count). The summed E-state index contributed by atoms with van der Waals surface area (Å²) in [5.41, 5.74) is 12.1. The molecule has 2 fully saturated rings. The quantitative estimate of drug-likeness (QED) is 0.130. The molecule has 0 unspecified atom stereocenters. The zero-order chi connectivity index (χ0) is 37.6. The molecular formula is C46H56N4O4. The van der Waals surface area contributed by atoms with E-state index in [2.05, 4.69) is 102 Å². The van der Waals surface area contributed by atoms with E-state index in [1.165, 1.54) is 57.5 Å². The molecule has 284 valence electrons. The van der Waals surface area contributed by atoms with E-state index < -0.39 is 0 Å². The number of nitrogens with one attached hydrogen (secondary N) is 1. The summed E-state index contributed by atoms with van der Waals surface area (Å²) < 4.78 is 22.9. The average Bonchev–Trinajstić information content (AvgIpc) is 4.07. The maximum absolute atomic E-state index is 5.79. The van der Waals surface area contributed by atoms with Gasteiger partial charge in [0.2, 0.25) is 0 Å². The maximum atomic E-state index is 5.79. The van der Waals surface area contributed by atoms with Gasteiger partial charge in [-0.05, 0) is 133 Å². The van der Waals surface area contributed by atoms with Gasteiger partial charge in [0.15, 0.2) is 11.5 Å². The molecule has 3 aromatic carbocycles. The molecular weight excluding hydrogens is 673 g/mol. The number of ether oxygens (including phenoxy) is 4. The Balaban J connectivity index is 1.07. The van der Waals surface area contributed by atoms with Crippen molar-refractivity contribution in [1.29, 1.82) is 0 Å². The highest BCUT2D eigenvalue weighted by Gasteiger charge is 2.30. The molecule has 1 aromatic heterocycles. The number of aromatic nitrogens is 1. The second kappa shape index (κ2) is 17.0. The summed E-state index contributed by atoms with van der Waals surface area (Å²) in [4.78, 5) is 10.0. The smallest absolute Gasteiger partial charge is 0.164 e. The Morgan fingerprint density at radius 1 is 0.833 bits per heavy atom. The van der Waals surface area contributed by atoms with Crippen molar-refractivity contribution in [2.24, 2.45) is 0 Å². The molecule has 3 heterocycles. The second-order valence-electron chi connectivity index (χ2n) is 15.0. The Morgan fingerprint density at radius 3 is 2.28 bits per heavy atom. The number of hydrogen-bond donors (Lipinski definition) is 1. The molecule has 1 N–H and O–H groups in total. The van der Waals surface area contributed by atoms with Crippen LogP contribution in [0.1, 0.15) is 72.8 Å². The molecule has 1 saturated carbocycles. The van der Waals surface area contributed by atoms with E-state index in [0.717, 1.165) is 92.7 Å². The highest BCUT2D eigenvalue weighted by molar-refractivity contribution is 5.77. The molecule has 3 aliphatic rings. The summed E-state index contributed by atoms with van der Waals surface area (Å²) in [6, 6.07) is 22.2. The van der Waals surface area contributed by atoms with E-state index in [9.17, 15) is 0 Å². The maximum Gasteiger partial charge on any atom is 0.164 e. The van der Waals surface area contributed by atoms with Crippen LogP contribution in [-0.2, 0) is 13.0 Å². The minimum atomic E-state index is 0.403. The van der Waals surface area contributed by atoms with Crippen LogP contribution in [-0.4, -0.2) is 70.5 Å². The lowest BCUT2D eigenvalue weighted by Crippen LogP contribution is -2.45. The van der Waals surface area contributed by atoms with Crippen LogP contribution in [0.5, 0.6) is 23.0 Å². The molecule has 1 saturated heterocycles. The Labute approximate surface area is 321 Å². The number of benzene rings is 3. The summed E-state index contributed by atoms with van der Waals surface area (Å²) in [7, 11) is 6.93. The number of dihydropyridines is 1. The van der Waals surface area contributed by atoms with Crippen molar-refractivity contribution in [1.82, 2.24) is 15.2 Å². The van der Waals surface area contributed by atoms with Crippen molar-refractivity contribution < 1.29 is 18.9 Å². The number of pyridine rings is 1. The monoisotopic (exact) mass is 728 g/mol. The van der Waals surface area contributed by atoms with Gasteiger partial charge in [0, 0.05) is 68.0 Å². The molecule has 0 amide bonds. The van der Waals surface area contributed by atoms with E-state index in [4.69, 9.17) is 23.9 Å². The minimum Gasteiger partial charge on any atom is -0.497 e. The number of rotatable bonds is 15. The lowest BCUT2D eigenvalue weighted by molar-refractivity contribution is 0.222. The van der Waals surface area contributed by atoms with Gasteiger partial charge in [-0.15, -0.1) is 0 Å². The Bertz CT molecular complexity index is 1980. The van der Waals surface area contributed by atoms with Crippen LogP contribution in [0.25, 0.3) is 16.8 Å². The standard InChI is InChI=1S/C46H56N4O4/c1-7-8-35-23-36(25-44(52-4)31(35)2)38-21-33(27-47-28-38)29-49-19-16-40(17-20-49)50(39-11-13-41(51-3)14-12-39)30-32-15-18-48-43(22-32)37-24-42(34-9-10-34)46(54-6)45(26-37)53-5/h11-15,18,21-26,28,34,40,47H,7-10,16-17,19-20,27,29-30H2,1-6H3. The molecule has 0 atom stereocenters. The van der Waals surface area contributed by atoms with Gasteiger partial charge in [0.25, 0.3) is 0 Å². The molecule has 0 bridgehead atoms. The Morgan fingerprint density at radius 2 is 1.59 bits per heavy atom. The fraction of sp³-hybridized carbons (Fsp3) is 0.413. The van der Waals surface area contributed by atoms with Crippen molar-refractivity contribution in [3.8, 4) is 34.3 Å². The van der Waals surface area contributed by atoms with Crippen molar-refractivity contribution >= 4 is 11.3 Å². The minimum absolute atomic E-state index is 0.403. The Kier molecular flexibility index (Phi) is 11.8. The lowest BCUT2D eigenvalue weighted by atomic mass is 9.94. The number of likely N-dealkylation sites (tertiary alicyclic amines) is 1. The summed E-state index contributed by atoms with van der Waals surface area (Å²) in [6.07, 6.45) is 13.2. The van der Waals surface area contributed by atoms with Crippen molar-refractivity contribution in [3.05, 3.63) is 113 Å². The van der Waals surface area contributed by atoms with Crippen LogP contribution in [0.2, 0.25) is 0 Å². The number of aryl methyl sites for hydroxylation is 1. The van der Waals surface area contributed by atoms with Gasteiger partial charge in [-0.1, -0.05) is 25.5 Å². The molecule has 4 aromatic rings. The van der Waals surface area contributed by atoms with E-state index in [0.29, 0.717) is 12.0 Å². The van der Waals surface area contributed by atoms with Gasteiger partial charge in [-0.3, -0.25) is 9.88 Å². The highest BCUT2D eigenvalue weighted by Crippen LogP contribution is 2.49. The van der Waals surface area contributed by atoms with Crippen molar-refractivity contribution in [2.75, 3.05) is 59.5 Å². The van der Waals surface area contributed by atoms with Gasteiger partial charge in [0.1, 0.15) is 11.5 Å². The van der Waals surface area contributed by atoms with Crippen molar-refractivity contribution in [2.45, 2.75) is 70.9 Å². The normalized spacial score (nSPS) is 16.3. The molecule has 0 spiro atoms.